The number of benzene rings is 1. The molecular formula is C13H19ClN2O4S. The first-order valence-corrected chi connectivity index (χ1v) is 7.92. The Labute approximate surface area is 130 Å². The van der Waals surface area contributed by atoms with E-state index >= 15 is 0 Å². The van der Waals surface area contributed by atoms with Gasteiger partial charge in [-0.1, -0.05) is 0 Å². The summed E-state index contributed by atoms with van der Waals surface area (Å²) in [5, 5.41) is 3.22. The molecule has 1 aromatic carbocycles. The summed E-state index contributed by atoms with van der Waals surface area (Å²) in [6.45, 7) is 1.31. The van der Waals surface area contributed by atoms with E-state index in [0.717, 1.165) is 19.4 Å². The zero-order valence-electron chi connectivity index (χ0n) is 11.7. The van der Waals surface area contributed by atoms with Crippen molar-refractivity contribution in [3.63, 3.8) is 0 Å². The first kappa shape index (κ1) is 17.9. The highest BCUT2D eigenvalue weighted by Gasteiger charge is 2.19. The molecule has 0 radical (unpaired) electrons. The first-order chi connectivity index (χ1) is 9.53. The Morgan fingerprint density at radius 1 is 1.38 bits per heavy atom. The number of hydrogen-bond acceptors (Lipinski definition) is 5. The Morgan fingerprint density at radius 2 is 2.05 bits per heavy atom. The second-order valence-electron chi connectivity index (χ2n) is 4.66. The number of rotatable bonds is 5. The molecule has 1 saturated heterocycles. The number of carbonyl (C=O) groups excluding carboxylic acids is 1. The van der Waals surface area contributed by atoms with Crippen LogP contribution in [0.25, 0.3) is 0 Å². The van der Waals surface area contributed by atoms with E-state index in [1.165, 1.54) is 31.4 Å². The molecule has 2 rings (SSSR count). The van der Waals surface area contributed by atoms with Crippen LogP contribution < -0.4 is 10.0 Å². The Bertz CT molecular complexity index is 568. The zero-order chi connectivity index (χ0) is 14.6. The molecule has 1 aliphatic rings. The summed E-state index contributed by atoms with van der Waals surface area (Å²) in [6, 6.07) is 5.87. The topological polar surface area (TPSA) is 84.5 Å². The number of esters is 1. The molecule has 21 heavy (non-hydrogen) atoms. The average molecular weight is 335 g/mol. The fourth-order valence-corrected chi connectivity index (χ4v) is 3.19. The molecule has 0 bridgehead atoms. The van der Waals surface area contributed by atoms with Gasteiger partial charge in [-0.2, -0.15) is 0 Å². The van der Waals surface area contributed by atoms with Crippen LogP contribution in [0, 0.1) is 0 Å². The van der Waals surface area contributed by atoms with Crippen molar-refractivity contribution < 1.29 is 17.9 Å². The minimum Gasteiger partial charge on any atom is -0.465 e. The number of nitrogens with one attached hydrogen (secondary N) is 2. The molecule has 0 aliphatic carbocycles. The molecule has 1 heterocycles. The van der Waals surface area contributed by atoms with Gasteiger partial charge in [-0.25, -0.2) is 17.9 Å². The van der Waals surface area contributed by atoms with Crippen molar-refractivity contribution >= 4 is 28.4 Å². The smallest absolute Gasteiger partial charge is 0.337 e. The molecule has 1 fully saturated rings. The molecule has 2 N–H and O–H groups in total. The van der Waals surface area contributed by atoms with Crippen LogP contribution in [0.4, 0.5) is 0 Å². The predicted molar refractivity (Wildman–Crippen MR) is 81.2 cm³/mol. The second kappa shape index (κ2) is 7.74. The molecule has 1 aliphatic heterocycles. The van der Waals surface area contributed by atoms with Gasteiger partial charge in [0.25, 0.3) is 0 Å². The van der Waals surface area contributed by atoms with Crippen LogP contribution in [0.2, 0.25) is 0 Å². The van der Waals surface area contributed by atoms with Gasteiger partial charge in [-0.05, 0) is 43.7 Å². The summed E-state index contributed by atoms with van der Waals surface area (Å²) in [4.78, 5) is 11.4. The zero-order valence-corrected chi connectivity index (χ0v) is 13.3. The molecule has 6 nitrogen and oxygen atoms in total. The third kappa shape index (κ3) is 4.67. The van der Waals surface area contributed by atoms with E-state index in [4.69, 9.17) is 0 Å². The highest BCUT2D eigenvalue weighted by molar-refractivity contribution is 7.89. The fourth-order valence-electron chi connectivity index (χ4n) is 2.11. The standard InChI is InChI=1S/C13H18N2O4S.ClH/c1-19-13(16)10-4-6-12(7-5-10)20(17,18)15-9-11-3-2-8-14-11;/h4-7,11,14-15H,2-3,8-9H2,1H3;1H. The highest BCUT2D eigenvalue weighted by Crippen LogP contribution is 2.12. The van der Waals surface area contributed by atoms with Crippen molar-refractivity contribution in [1.29, 1.82) is 0 Å². The van der Waals surface area contributed by atoms with Gasteiger partial charge in [0.05, 0.1) is 17.6 Å². The predicted octanol–water partition coefficient (Wildman–Crippen LogP) is 0.925. The van der Waals surface area contributed by atoms with Crippen molar-refractivity contribution in [2.24, 2.45) is 0 Å². The fraction of sp³-hybridized carbons (Fsp3) is 0.462. The maximum atomic E-state index is 12.1. The number of hydrogen-bond donors (Lipinski definition) is 2. The van der Waals surface area contributed by atoms with E-state index in [1.807, 2.05) is 0 Å². The highest BCUT2D eigenvalue weighted by atomic mass is 35.5. The number of sulfonamides is 1. The normalized spacial score (nSPS) is 18.0. The van der Waals surface area contributed by atoms with E-state index in [1.54, 1.807) is 0 Å². The summed E-state index contributed by atoms with van der Waals surface area (Å²) in [6.07, 6.45) is 2.05. The van der Waals surface area contributed by atoms with Gasteiger partial charge in [0.1, 0.15) is 0 Å². The molecule has 118 valence electrons. The van der Waals surface area contributed by atoms with Gasteiger partial charge in [0, 0.05) is 12.6 Å². The van der Waals surface area contributed by atoms with Gasteiger partial charge in [0.15, 0.2) is 0 Å². The van der Waals surface area contributed by atoms with Gasteiger partial charge in [-0.3, -0.25) is 0 Å². The molecule has 0 aromatic heterocycles. The lowest BCUT2D eigenvalue weighted by Crippen LogP contribution is -2.37. The Hall–Kier alpha value is -1.15. The van der Waals surface area contributed by atoms with Crippen LogP contribution in [-0.4, -0.2) is 40.6 Å². The molecule has 0 saturated carbocycles. The lowest BCUT2D eigenvalue weighted by molar-refractivity contribution is 0.0600. The molecule has 0 spiro atoms. The van der Waals surface area contributed by atoms with E-state index in [0.29, 0.717) is 12.1 Å². The number of carbonyl (C=O) groups is 1. The van der Waals surface area contributed by atoms with Crippen molar-refractivity contribution in [1.82, 2.24) is 10.0 Å². The van der Waals surface area contributed by atoms with Gasteiger partial charge < -0.3 is 10.1 Å². The Balaban J connectivity index is 0.00000220. The molecular weight excluding hydrogens is 316 g/mol. The Morgan fingerprint density at radius 3 is 2.57 bits per heavy atom. The van der Waals surface area contributed by atoms with E-state index < -0.39 is 16.0 Å². The summed E-state index contributed by atoms with van der Waals surface area (Å²) in [5.74, 6) is -0.489. The monoisotopic (exact) mass is 334 g/mol. The molecule has 8 heteroatoms. The summed E-state index contributed by atoms with van der Waals surface area (Å²) >= 11 is 0. The molecule has 0 amide bonds. The minimum absolute atomic E-state index is 0. The van der Waals surface area contributed by atoms with Crippen LogP contribution in [0.1, 0.15) is 23.2 Å². The van der Waals surface area contributed by atoms with Crippen molar-refractivity contribution in [2.45, 2.75) is 23.8 Å². The van der Waals surface area contributed by atoms with Gasteiger partial charge in [0.2, 0.25) is 10.0 Å². The second-order valence-corrected chi connectivity index (χ2v) is 6.43. The van der Waals surface area contributed by atoms with Gasteiger partial charge in [-0.15, -0.1) is 12.4 Å². The van der Waals surface area contributed by atoms with Crippen molar-refractivity contribution in [3.8, 4) is 0 Å². The Kier molecular flexibility index (Phi) is 6.60. The van der Waals surface area contributed by atoms with Crippen molar-refractivity contribution in [2.75, 3.05) is 20.2 Å². The maximum Gasteiger partial charge on any atom is 0.337 e. The van der Waals surface area contributed by atoms with Crippen LogP contribution in [-0.2, 0) is 14.8 Å². The maximum absolute atomic E-state index is 12.1. The molecule has 1 aromatic rings. The van der Waals surface area contributed by atoms with E-state index in [2.05, 4.69) is 14.8 Å². The van der Waals surface area contributed by atoms with Crippen LogP contribution >= 0.6 is 12.4 Å². The third-order valence-corrected chi connectivity index (χ3v) is 4.71. The number of halogens is 1. The summed E-state index contributed by atoms with van der Waals surface area (Å²) in [5.41, 5.74) is 0.323. The lowest BCUT2D eigenvalue weighted by atomic mass is 10.2. The van der Waals surface area contributed by atoms with Crippen LogP contribution in [0.5, 0.6) is 0 Å². The first-order valence-electron chi connectivity index (χ1n) is 6.44. The summed E-state index contributed by atoms with van der Waals surface area (Å²) < 4.78 is 31.3. The quantitative estimate of drug-likeness (QED) is 0.782. The number of methoxy groups -OCH3 is 1. The van der Waals surface area contributed by atoms with E-state index in [9.17, 15) is 13.2 Å². The summed E-state index contributed by atoms with van der Waals surface area (Å²) in [7, 11) is -2.26. The van der Waals surface area contributed by atoms with E-state index in [-0.39, 0.29) is 23.3 Å². The number of ether oxygens (including phenoxy) is 1. The largest absolute Gasteiger partial charge is 0.465 e. The lowest BCUT2D eigenvalue weighted by Gasteiger charge is -2.12. The molecule has 1 unspecified atom stereocenters. The molecule has 1 atom stereocenters. The average Bonchev–Trinajstić information content (AvgIpc) is 2.98. The van der Waals surface area contributed by atoms with Crippen LogP contribution in [0.15, 0.2) is 29.2 Å². The van der Waals surface area contributed by atoms with Crippen LogP contribution in [0.3, 0.4) is 0 Å². The minimum atomic E-state index is -3.54. The third-order valence-electron chi connectivity index (χ3n) is 3.27. The van der Waals surface area contributed by atoms with Gasteiger partial charge >= 0.3 is 5.97 Å². The SMILES string of the molecule is COC(=O)c1ccc(S(=O)(=O)NCC2CCCN2)cc1.Cl. The van der Waals surface area contributed by atoms with Crippen molar-refractivity contribution in [3.05, 3.63) is 29.8 Å².